The largest absolute Gasteiger partial charge is 0.465 e. The van der Waals surface area contributed by atoms with E-state index in [1.54, 1.807) is 38.1 Å². The van der Waals surface area contributed by atoms with Crippen LogP contribution in [0.5, 0.6) is 0 Å². The molecule has 7 N–H and O–H groups in total. The second kappa shape index (κ2) is 19.7. The van der Waals surface area contributed by atoms with Gasteiger partial charge in [0.05, 0.1) is 53.6 Å². The number of amides is 5. The van der Waals surface area contributed by atoms with Crippen LogP contribution >= 0.6 is 12.0 Å². The highest BCUT2D eigenvalue weighted by Gasteiger charge is 2.45. The standard InChI is InChI=1S/C35H50N8O10S/c1-35(2,51)28-19-38-41-43(28)22-18-26(32(47)39-24(29(44)30(36)45)14-9-10-16-37-34(49)50)42(20-22)33(48)25(17-21-11-5-4-6-12-21)40-31(46)23-13-7-8-15-27(23)54-53-52-3/h7-8,13,15,19,21-22,24-26,37,51H,4-6,9-12,14,16-18,20H2,1-3H3,(H2,36,45)(H,39,47)(H,40,46)(H,49,50)/t22-,24?,25?,26-/m0/s1. The molecule has 2 unspecified atom stereocenters. The summed E-state index contributed by atoms with van der Waals surface area (Å²) < 4.78 is 6.47. The molecule has 2 aromatic rings. The number of aromatic nitrogens is 3. The highest BCUT2D eigenvalue weighted by Crippen LogP contribution is 2.34. The molecule has 54 heavy (non-hydrogen) atoms. The zero-order chi connectivity index (χ0) is 39.4. The summed E-state index contributed by atoms with van der Waals surface area (Å²) in [6.45, 7) is 3.15. The molecular formula is C35H50N8O10S. The Morgan fingerprint density at radius 2 is 1.78 bits per heavy atom. The summed E-state index contributed by atoms with van der Waals surface area (Å²) in [5.74, 6) is -3.97. The molecule has 19 heteroatoms. The second-order valence-corrected chi connectivity index (χ2v) is 14.9. The molecular weight excluding hydrogens is 724 g/mol. The predicted octanol–water partition coefficient (Wildman–Crippen LogP) is 1.98. The fraction of sp³-hybridized carbons (Fsp3) is 0.600. The zero-order valence-electron chi connectivity index (χ0n) is 30.7. The van der Waals surface area contributed by atoms with Crippen LogP contribution in [0.25, 0.3) is 0 Å². The maximum absolute atomic E-state index is 14.8. The topological polar surface area (TPSA) is 257 Å². The number of nitrogens with zero attached hydrogens (tertiary/aromatic N) is 4. The molecule has 1 aromatic heterocycles. The summed E-state index contributed by atoms with van der Waals surface area (Å²) in [4.78, 5) is 85.0. The van der Waals surface area contributed by atoms with Crippen molar-refractivity contribution in [2.75, 3.05) is 20.2 Å². The van der Waals surface area contributed by atoms with Gasteiger partial charge in [-0.05, 0) is 57.6 Å². The summed E-state index contributed by atoms with van der Waals surface area (Å²) in [5.41, 5.74) is 4.54. The number of carbonyl (C=O) groups is 6. The van der Waals surface area contributed by atoms with Crippen molar-refractivity contribution < 1.29 is 48.2 Å². The van der Waals surface area contributed by atoms with E-state index in [9.17, 15) is 33.9 Å². The van der Waals surface area contributed by atoms with Gasteiger partial charge in [-0.3, -0.25) is 24.0 Å². The fourth-order valence-corrected chi connectivity index (χ4v) is 7.55. The number of carboxylic acid groups (broad SMARTS) is 1. The number of unbranched alkanes of at least 4 members (excludes halogenated alkanes) is 1. The van der Waals surface area contributed by atoms with Gasteiger partial charge in [-0.25, -0.2) is 14.4 Å². The van der Waals surface area contributed by atoms with Crippen molar-refractivity contribution in [1.29, 1.82) is 0 Å². The normalized spacial score (nSPS) is 18.8. The van der Waals surface area contributed by atoms with Gasteiger partial charge in [0.2, 0.25) is 17.6 Å². The molecule has 2 fully saturated rings. The number of Topliss-reactive ketones (excluding diaryl/α,β-unsaturated/α-hetero) is 1. The first-order valence-corrected chi connectivity index (χ1v) is 18.8. The van der Waals surface area contributed by atoms with Gasteiger partial charge in [-0.1, -0.05) is 49.5 Å². The highest BCUT2D eigenvalue weighted by molar-refractivity contribution is 7.94. The van der Waals surface area contributed by atoms with E-state index in [-0.39, 0.29) is 43.8 Å². The molecule has 1 aliphatic carbocycles. The second-order valence-electron chi connectivity index (χ2n) is 14.1. The maximum Gasteiger partial charge on any atom is 0.404 e. The van der Waals surface area contributed by atoms with Gasteiger partial charge in [0, 0.05) is 19.5 Å². The number of aliphatic hydroxyl groups is 1. The van der Waals surface area contributed by atoms with Gasteiger partial charge < -0.3 is 36.8 Å². The third-order valence-corrected chi connectivity index (χ3v) is 10.4. The van der Waals surface area contributed by atoms with Crippen molar-refractivity contribution in [2.24, 2.45) is 11.7 Å². The van der Waals surface area contributed by atoms with Crippen molar-refractivity contribution in [3.63, 3.8) is 0 Å². The Morgan fingerprint density at radius 3 is 2.44 bits per heavy atom. The summed E-state index contributed by atoms with van der Waals surface area (Å²) in [5, 5.41) is 35.6. The van der Waals surface area contributed by atoms with Crippen molar-refractivity contribution in [2.45, 2.75) is 113 Å². The van der Waals surface area contributed by atoms with Gasteiger partial charge >= 0.3 is 6.09 Å². The number of benzene rings is 1. The Balaban J connectivity index is 1.66. The van der Waals surface area contributed by atoms with E-state index in [0.717, 1.165) is 44.1 Å². The van der Waals surface area contributed by atoms with E-state index in [1.165, 1.54) is 22.9 Å². The molecule has 2 aliphatic rings. The Bertz CT molecular complexity index is 1640. The van der Waals surface area contributed by atoms with Gasteiger partial charge in [0.25, 0.3) is 11.8 Å². The number of hydrogen-bond donors (Lipinski definition) is 6. The van der Waals surface area contributed by atoms with Crippen molar-refractivity contribution >= 4 is 47.5 Å². The van der Waals surface area contributed by atoms with Crippen LogP contribution in [0, 0.1) is 5.92 Å². The van der Waals surface area contributed by atoms with Gasteiger partial charge in [0.15, 0.2) is 0 Å². The molecule has 1 saturated carbocycles. The number of rotatable bonds is 19. The number of ketones is 1. The van der Waals surface area contributed by atoms with Crippen molar-refractivity contribution in [1.82, 2.24) is 35.8 Å². The zero-order valence-corrected chi connectivity index (χ0v) is 31.5. The average molecular weight is 775 g/mol. The number of nitrogens with one attached hydrogen (secondary N) is 3. The Morgan fingerprint density at radius 1 is 1.06 bits per heavy atom. The molecule has 1 aliphatic heterocycles. The van der Waals surface area contributed by atoms with Gasteiger partial charge in [0.1, 0.15) is 17.7 Å². The lowest BCUT2D eigenvalue weighted by Gasteiger charge is -2.32. The van der Waals surface area contributed by atoms with Crippen LogP contribution in [0.3, 0.4) is 0 Å². The van der Waals surface area contributed by atoms with Crippen LogP contribution in [0.1, 0.15) is 100 Å². The molecule has 4 rings (SSSR count). The van der Waals surface area contributed by atoms with Crippen LogP contribution in [-0.4, -0.2) is 104 Å². The fourth-order valence-electron chi connectivity index (χ4n) is 7.02. The van der Waals surface area contributed by atoms with E-state index < -0.39 is 65.3 Å². The Kier molecular flexibility index (Phi) is 15.3. The molecule has 0 bridgehead atoms. The van der Waals surface area contributed by atoms with Crippen LogP contribution in [-0.2, 0) is 34.0 Å². The van der Waals surface area contributed by atoms with E-state index in [0.29, 0.717) is 23.4 Å². The molecule has 18 nitrogen and oxygen atoms in total. The van der Waals surface area contributed by atoms with Crippen molar-refractivity contribution in [3.8, 4) is 0 Å². The summed E-state index contributed by atoms with van der Waals surface area (Å²) in [6, 6.07) is 2.45. The average Bonchev–Trinajstić information content (AvgIpc) is 3.81. The SMILES string of the molecule is COOSc1ccccc1C(=O)NC(CC1CCCCC1)C(=O)N1C[C@@H](n2nncc2C(C)(C)O)C[C@H]1C(=O)NC(CCCCNC(=O)O)C(=O)C(N)=O. The molecule has 2 heterocycles. The smallest absolute Gasteiger partial charge is 0.404 e. The lowest BCUT2D eigenvalue weighted by Crippen LogP contribution is -2.56. The van der Waals surface area contributed by atoms with Crippen LogP contribution in [0.15, 0.2) is 35.4 Å². The summed E-state index contributed by atoms with van der Waals surface area (Å²) in [7, 11) is 1.33. The minimum absolute atomic E-state index is 0.00194. The Labute approximate surface area is 317 Å². The highest BCUT2D eigenvalue weighted by atomic mass is 32.2. The predicted molar refractivity (Wildman–Crippen MR) is 193 cm³/mol. The maximum atomic E-state index is 14.8. The van der Waals surface area contributed by atoms with E-state index >= 15 is 0 Å². The molecule has 1 saturated heterocycles. The minimum atomic E-state index is -1.37. The first kappa shape index (κ1) is 42.2. The monoisotopic (exact) mass is 774 g/mol. The number of nitrogens with two attached hydrogens (primary N) is 1. The van der Waals surface area contributed by atoms with Gasteiger partial charge in [-0.2, -0.15) is 4.33 Å². The van der Waals surface area contributed by atoms with Crippen LogP contribution in [0.2, 0.25) is 0 Å². The first-order chi connectivity index (χ1) is 25.7. The summed E-state index contributed by atoms with van der Waals surface area (Å²) in [6.07, 6.45) is 5.84. The lowest BCUT2D eigenvalue weighted by molar-refractivity contribution is -0.160. The molecule has 0 radical (unpaired) electrons. The summed E-state index contributed by atoms with van der Waals surface area (Å²) >= 11 is 0.840. The molecule has 0 spiro atoms. The molecule has 296 valence electrons. The third kappa shape index (κ3) is 11.5. The minimum Gasteiger partial charge on any atom is -0.465 e. The first-order valence-electron chi connectivity index (χ1n) is 18.0. The lowest BCUT2D eigenvalue weighted by atomic mass is 9.84. The van der Waals surface area contributed by atoms with Crippen LogP contribution in [0.4, 0.5) is 4.79 Å². The number of hydrogen-bond acceptors (Lipinski definition) is 12. The number of likely N-dealkylation sites (tertiary alicyclic amines) is 1. The quantitative estimate of drug-likeness (QED) is 0.0393. The number of carbonyl (C=O) groups excluding carboxylic acids is 5. The molecule has 4 atom stereocenters. The third-order valence-electron chi connectivity index (χ3n) is 9.70. The number of primary amides is 1. The molecule has 5 amide bonds. The van der Waals surface area contributed by atoms with E-state index in [2.05, 4.69) is 26.3 Å². The molecule has 1 aromatic carbocycles. The van der Waals surface area contributed by atoms with E-state index in [1.807, 2.05) is 0 Å². The van der Waals surface area contributed by atoms with Crippen molar-refractivity contribution in [3.05, 3.63) is 41.7 Å². The van der Waals surface area contributed by atoms with E-state index in [4.69, 9.17) is 20.1 Å². The van der Waals surface area contributed by atoms with Gasteiger partial charge in [-0.15, -0.1) is 5.10 Å². The van der Waals surface area contributed by atoms with Crippen LogP contribution < -0.4 is 21.7 Å². The Hall–Kier alpha value is -4.59.